The maximum atomic E-state index is 13.5. The fourth-order valence-electron chi connectivity index (χ4n) is 2.78. The number of ether oxygens (including phenoxy) is 2. The number of halogens is 1. The van der Waals surface area contributed by atoms with Gasteiger partial charge in [0.1, 0.15) is 5.00 Å². The van der Waals surface area contributed by atoms with Crippen molar-refractivity contribution >= 4 is 28.2 Å². The van der Waals surface area contributed by atoms with E-state index in [2.05, 4.69) is 5.32 Å². The number of nitrogens with one attached hydrogen (secondary N) is 1. The Kier molecular flexibility index (Phi) is 5.33. The van der Waals surface area contributed by atoms with Crippen LogP contribution in [-0.4, -0.2) is 25.1 Å². The van der Waals surface area contributed by atoms with Gasteiger partial charge >= 0.3 is 5.97 Å². The quantitative estimate of drug-likeness (QED) is 0.797. The van der Waals surface area contributed by atoms with Crippen molar-refractivity contribution < 1.29 is 23.5 Å². The van der Waals surface area contributed by atoms with E-state index >= 15 is 0 Å². The fraction of sp³-hybridized carbons (Fsp3) is 0.333. The molecule has 2 aromatic rings. The summed E-state index contributed by atoms with van der Waals surface area (Å²) in [4.78, 5) is 25.5. The number of thiophene rings is 1. The molecule has 0 fully saturated rings. The first-order chi connectivity index (χ1) is 12.1. The van der Waals surface area contributed by atoms with Crippen molar-refractivity contribution in [3.05, 3.63) is 46.1 Å². The number of fused-ring (bicyclic) bond motifs is 1. The number of hydrogen-bond donors (Lipinski definition) is 1. The number of hydrogen-bond acceptors (Lipinski definition) is 5. The number of para-hydroxylation sites is 1. The molecule has 1 aliphatic carbocycles. The molecule has 7 heteroatoms. The molecule has 0 atom stereocenters. The molecule has 3 rings (SSSR count). The van der Waals surface area contributed by atoms with Gasteiger partial charge in [0.05, 0.1) is 12.2 Å². The van der Waals surface area contributed by atoms with E-state index in [1.54, 1.807) is 19.1 Å². The topological polar surface area (TPSA) is 64.6 Å². The highest BCUT2D eigenvalue weighted by Gasteiger charge is 2.28. The van der Waals surface area contributed by atoms with Crippen LogP contribution in [0.25, 0.3) is 0 Å². The molecular weight excluding hydrogens is 345 g/mol. The zero-order valence-corrected chi connectivity index (χ0v) is 14.6. The fourth-order valence-corrected chi connectivity index (χ4v) is 4.07. The molecule has 0 saturated heterocycles. The number of amides is 1. The lowest BCUT2D eigenvalue weighted by Gasteiger charge is -2.09. The molecule has 1 aliphatic rings. The molecule has 1 aromatic carbocycles. The third kappa shape index (κ3) is 3.82. The van der Waals surface area contributed by atoms with Crippen molar-refractivity contribution in [2.45, 2.75) is 26.2 Å². The van der Waals surface area contributed by atoms with Gasteiger partial charge in [-0.05, 0) is 43.9 Å². The van der Waals surface area contributed by atoms with Crippen molar-refractivity contribution in [3.8, 4) is 5.75 Å². The van der Waals surface area contributed by atoms with Crippen LogP contribution in [0, 0.1) is 5.82 Å². The van der Waals surface area contributed by atoms with Crippen molar-refractivity contribution in [1.29, 1.82) is 0 Å². The molecule has 1 amide bonds. The Hall–Kier alpha value is -2.41. The number of aryl methyl sites for hydroxylation is 1. The molecule has 0 bridgehead atoms. The summed E-state index contributed by atoms with van der Waals surface area (Å²) in [5, 5.41) is 3.18. The normalized spacial score (nSPS) is 12.6. The predicted molar refractivity (Wildman–Crippen MR) is 92.8 cm³/mol. The SMILES string of the molecule is CCOC(=O)c1c(NC(=O)COc2ccccc2F)sc2c1CCC2. The van der Waals surface area contributed by atoms with E-state index in [0.717, 1.165) is 29.7 Å². The zero-order chi connectivity index (χ0) is 17.8. The molecule has 1 heterocycles. The highest BCUT2D eigenvalue weighted by Crippen LogP contribution is 2.39. The van der Waals surface area contributed by atoms with Gasteiger partial charge < -0.3 is 14.8 Å². The average molecular weight is 363 g/mol. The van der Waals surface area contributed by atoms with Gasteiger partial charge in [0, 0.05) is 4.88 Å². The Balaban J connectivity index is 1.71. The number of carbonyl (C=O) groups excluding carboxylic acids is 2. The van der Waals surface area contributed by atoms with Gasteiger partial charge in [-0.3, -0.25) is 4.79 Å². The highest BCUT2D eigenvalue weighted by molar-refractivity contribution is 7.17. The number of rotatable bonds is 6. The second-order valence-electron chi connectivity index (χ2n) is 5.55. The van der Waals surface area contributed by atoms with E-state index in [1.807, 2.05) is 0 Å². The summed E-state index contributed by atoms with van der Waals surface area (Å²) in [7, 11) is 0. The minimum atomic E-state index is -0.530. The molecule has 0 unspecified atom stereocenters. The average Bonchev–Trinajstić information content (AvgIpc) is 3.14. The van der Waals surface area contributed by atoms with Crippen LogP contribution in [0.1, 0.15) is 34.1 Å². The van der Waals surface area contributed by atoms with E-state index in [4.69, 9.17) is 9.47 Å². The second-order valence-corrected chi connectivity index (χ2v) is 6.65. The Morgan fingerprint density at radius 1 is 1.28 bits per heavy atom. The Bertz CT molecular complexity index is 802. The molecular formula is C18H18FNO4S. The summed E-state index contributed by atoms with van der Waals surface area (Å²) in [6, 6.07) is 5.88. The van der Waals surface area contributed by atoms with E-state index in [1.165, 1.54) is 23.5 Å². The van der Waals surface area contributed by atoms with Crippen LogP contribution in [0.15, 0.2) is 24.3 Å². The van der Waals surface area contributed by atoms with E-state index in [-0.39, 0.29) is 19.0 Å². The van der Waals surface area contributed by atoms with Crippen LogP contribution >= 0.6 is 11.3 Å². The standard InChI is InChI=1S/C18H18FNO4S/c1-2-23-18(22)16-11-6-5-9-14(11)25-17(16)20-15(21)10-24-13-8-4-3-7-12(13)19/h3-4,7-8H,2,5-6,9-10H2,1H3,(H,20,21). The molecule has 132 valence electrons. The Morgan fingerprint density at radius 3 is 2.84 bits per heavy atom. The Labute approximate surface area is 148 Å². The summed E-state index contributed by atoms with van der Waals surface area (Å²) in [6.07, 6.45) is 2.70. The van der Waals surface area contributed by atoms with Crippen LogP contribution in [0.3, 0.4) is 0 Å². The maximum absolute atomic E-state index is 13.5. The minimum Gasteiger partial charge on any atom is -0.481 e. The van der Waals surface area contributed by atoms with Gasteiger partial charge in [0.25, 0.3) is 5.91 Å². The monoisotopic (exact) mass is 363 g/mol. The lowest BCUT2D eigenvalue weighted by molar-refractivity contribution is -0.118. The first-order valence-electron chi connectivity index (χ1n) is 8.09. The predicted octanol–water partition coefficient (Wildman–Crippen LogP) is 3.57. The van der Waals surface area contributed by atoms with Crippen LogP contribution in [0.5, 0.6) is 5.75 Å². The first-order valence-corrected chi connectivity index (χ1v) is 8.90. The number of benzene rings is 1. The number of carbonyl (C=O) groups is 2. The summed E-state index contributed by atoms with van der Waals surface area (Å²) < 4.78 is 23.8. The smallest absolute Gasteiger partial charge is 0.341 e. The number of anilines is 1. The third-order valence-corrected chi connectivity index (χ3v) is 5.06. The van der Waals surface area contributed by atoms with Crippen LogP contribution in [0.2, 0.25) is 0 Å². The largest absolute Gasteiger partial charge is 0.481 e. The third-order valence-electron chi connectivity index (χ3n) is 3.85. The van der Waals surface area contributed by atoms with Gasteiger partial charge in [0.15, 0.2) is 18.2 Å². The maximum Gasteiger partial charge on any atom is 0.341 e. The highest BCUT2D eigenvalue weighted by atomic mass is 32.1. The van der Waals surface area contributed by atoms with Crippen LogP contribution < -0.4 is 10.1 Å². The number of esters is 1. The molecule has 0 aliphatic heterocycles. The van der Waals surface area contributed by atoms with Crippen molar-refractivity contribution in [2.75, 3.05) is 18.5 Å². The molecule has 0 radical (unpaired) electrons. The van der Waals surface area contributed by atoms with Crippen LogP contribution in [-0.2, 0) is 22.4 Å². The summed E-state index contributed by atoms with van der Waals surface area (Å²) >= 11 is 1.39. The van der Waals surface area contributed by atoms with Crippen LogP contribution in [0.4, 0.5) is 9.39 Å². The lowest BCUT2D eigenvalue weighted by Crippen LogP contribution is -2.21. The van der Waals surface area contributed by atoms with Crippen molar-refractivity contribution in [3.63, 3.8) is 0 Å². The molecule has 0 saturated carbocycles. The van der Waals surface area contributed by atoms with Gasteiger partial charge in [-0.15, -0.1) is 11.3 Å². The first kappa shape index (κ1) is 17.4. The molecule has 1 aromatic heterocycles. The van der Waals surface area contributed by atoms with E-state index in [0.29, 0.717) is 10.6 Å². The second kappa shape index (κ2) is 7.65. The minimum absolute atomic E-state index is 0.0111. The molecule has 0 spiro atoms. The lowest BCUT2D eigenvalue weighted by atomic mass is 10.1. The van der Waals surface area contributed by atoms with Gasteiger partial charge in [-0.1, -0.05) is 12.1 Å². The zero-order valence-electron chi connectivity index (χ0n) is 13.8. The summed E-state index contributed by atoms with van der Waals surface area (Å²) in [5.74, 6) is -1.39. The van der Waals surface area contributed by atoms with Gasteiger partial charge in [0.2, 0.25) is 0 Å². The van der Waals surface area contributed by atoms with Crippen molar-refractivity contribution in [1.82, 2.24) is 0 Å². The molecule has 1 N–H and O–H groups in total. The van der Waals surface area contributed by atoms with E-state index in [9.17, 15) is 14.0 Å². The molecule has 5 nitrogen and oxygen atoms in total. The van der Waals surface area contributed by atoms with Gasteiger partial charge in [-0.2, -0.15) is 0 Å². The van der Waals surface area contributed by atoms with Crippen molar-refractivity contribution in [2.24, 2.45) is 0 Å². The molecule has 25 heavy (non-hydrogen) atoms. The Morgan fingerprint density at radius 2 is 2.08 bits per heavy atom. The van der Waals surface area contributed by atoms with Gasteiger partial charge in [-0.25, -0.2) is 9.18 Å². The summed E-state index contributed by atoms with van der Waals surface area (Å²) in [5.41, 5.74) is 1.41. The van der Waals surface area contributed by atoms with E-state index < -0.39 is 17.7 Å². The summed E-state index contributed by atoms with van der Waals surface area (Å²) in [6.45, 7) is 1.67.